The van der Waals surface area contributed by atoms with Crippen molar-refractivity contribution in [1.82, 2.24) is 9.97 Å². The Morgan fingerprint density at radius 2 is 2.00 bits per heavy atom. The lowest BCUT2D eigenvalue weighted by Gasteiger charge is -2.19. The summed E-state index contributed by atoms with van der Waals surface area (Å²) >= 11 is 6.01. The van der Waals surface area contributed by atoms with Gasteiger partial charge >= 0.3 is 0 Å². The van der Waals surface area contributed by atoms with Crippen LogP contribution in [0.4, 0.5) is 0 Å². The number of hydrogen-bond donors (Lipinski definition) is 1. The highest BCUT2D eigenvalue weighted by molar-refractivity contribution is 6.30. The Morgan fingerprint density at radius 3 is 2.75 bits per heavy atom. The van der Waals surface area contributed by atoms with Crippen LogP contribution in [0.1, 0.15) is 11.1 Å². The van der Waals surface area contributed by atoms with Crippen LogP contribution in [0.2, 0.25) is 5.02 Å². The molecule has 0 unspecified atom stereocenters. The molecule has 0 spiro atoms. The van der Waals surface area contributed by atoms with Crippen LogP contribution in [-0.4, -0.2) is 17.1 Å². The molecule has 3 aromatic rings. The minimum atomic E-state index is -0.212. The normalized spacial score (nSPS) is 12.1. The van der Waals surface area contributed by atoms with Gasteiger partial charge in [0, 0.05) is 22.6 Å². The predicted octanol–water partition coefficient (Wildman–Crippen LogP) is 3.80. The predicted molar refractivity (Wildman–Crippen MR) is 91.2 cm³/mol. The van der Waals surface area contributed by atoms with Crippen molar-refractivity contribution < 1.29 is 9.47 Å². The molecule has 1 aromatic heterocycles. The second kappa shape index (κ2) is 5.69. The number of rotatable bonds is 2. The summed E-state index contributed by atoms with van der Waals surface area (Å²) in [7, 11) is 1.60. The van der Waals surface area contributed by atoms with Gasteiger partial charge in [0.1, 0.15) is 17.3 Å². The fourth-order valence-corrected chi connectivity index (χ4v) is 2.88. The molecule has 1 N–H and O–H groups in total. The molecule has 120 valence electrons. The Bertz CT molecular complexity index is 981. The lowest BCUT2D eigenvalue weighted by Crippen LogP contribution is -2.20. The fraction of sp³-hybridized carbons (Fsp3) is 0.111. The summed E-state index contributed by atoms with van der Waals surface area (Å²) in [6, 6.07) is 12.6. The zero-order chi connectivity index (χ0) is 16.7. The summed E-state index contributed by atoms with van der Waals surface area (Å²) in [5.74, 6) is 2.20. The van der Waals surface area contributed by atoms with Crippen molar-refractivity contribution in [2.24, 2.45) is 0 Å². The first-order valence-corrected chi connectivity index (χ1v) is 7.76. The summed E-state index contributed by atoms with van der Waals surface area (Å²) < 4.78 is 10.9. The average Bonchev–Trinajstić information content (AvgIpc) is 2.60. The zero-order valence-electron chi connectivity index (χ0n) is 12.8. The second-order valence-corrected chi connectivity index (χ2v) is 5.89. The van der Waals surface area contributed by atoms with Crippen LogP contribution in [0.5, 0.6) is 17.4 Å². The van der Waals surface area contributed by atoms with Gasteiger partial charge in [-0.3, -0.25) is 4.79 Å². The third kappa shape index (κ3) is 2.53. The number of nitrogens with one attached hydrogen (secondary N) is 1. The van der Waals surface area contributed by atoms with E-state index in [1.807, 2.05) is 24.3 Å². The smallest absolute Gasteiger partial charge is 0.258 e. The maximum atomic E-state index is 12.4. The number of aromatic nitrogens is 2. The number of methoxy groups -OCH3 is 1. The van der Waals surface area contributed by atoms with E-state index in [0.717, 1.165) is 16.9 Å². The monoisotopic (exact) mass is 340 g/mol. The van der Waals surface area contributed by atoms with Gasteiger partial charge in [-0.2, -0.15) is 4.98 Å². The zero-order valence-corrected chi connectivity index (χ0v) is 13.6. The summed E-state index contributed by atoms with van der Waals surface area (Å²) in [5.41, 5.74) is 1.94. The van der Waals surface area contributed by atoms with Crippen LogP contribution in [0.15, 0.2) is 47.3 Å². The average molecular weight is 341 g/mol. The van der Waals surface area contributed by atoms with Crippen LogP contribution < -0.4 is 15.0 Å². The molecule has 0 saturated heterocycles. The molecule has 1 aliphatic rings. The number of benzene rings is 2. The quantitative estimate of drug-likeness (QED) is 0.603. The first-order valence-electron chi connectivity index (χ1n) is 7.38. The first-order chi connectivity index (χ1) is 11.6. The molecule has 0 atom stereocenters. The van der Waals surface area contributed by atoms with Crippen LogP contribution >= 0.6 is 11.6 Å². The molecular formula is C18H13ClN2O3. The van der Waals surface area contributed by atoms with E-state index in [0.29, 0.717) is 34.5 Å². The number of nitrogens with zero attached hydrogens (tertiary/aromatic N) is 1. The van der Waals surface area contributed by atoms with Crippen molar-refractivity contribution in [3.63, 3.8) is 0 Å². The van der Waals surface area contributed by atoms with Gasteiger partial charge in [-0.05, 0) is 42.5 Å². The second-order valence-electron chi connectivity index (χ2n) is 5.46. The topological polar surface area (TPSA) is 64.2 Å². The molecule has 1 aliphatic heterocycles. The molecule has 0 aliphatic carbocycles. The number of hydrogen-bond acceptors (Lipinski definition) is 4. The molecule has 0 saturated carbocycles. The van der Waals surface area contributed by atoms with Gasteiger partial charge < -0.3 is 14.5 Å². The summed E-state index contributed by atoms with van der Waals surface area (Å²) in [5, 5.41) is 0.611. The van der Waals surface area contributed by atoms with E-state index in [1.165, 1.54) is 0 Å². The van der Waals surface area contributed by atoms with Crippen molar-refractivity contribution in [2.75, 3.05) is 7.11 Å². The molecule has 24 heavy (non-hydrogen) atoms. The Kier molecular flexibility index (Phi) is 3.50. The van der Waals surface area contributed by atoms with Crippen LogP contribution in [-0.2, 0) is 6.42 Å². The number of H-pyrrole nitrogens is 1. The van der Waals surface area contributed by atoms with Gasteiger partial charge in [0.15, 0.2) is 0 Å². The van der Waals surface area contributed by atoms with E-state index in [4.69, 9.17) is 21.1 Å². The van der Waals surface area contributed by atoms with Crippen LogP contribution in [0, 0.1) is 0 Å². The maximum Gasteiger partial charge on any atom is 0.258 e. The molecule has 0 bridgehead atoms. The molecule has 5 nitrogen and oxygen atoms in total. The summed E-state index contributed by atoms with van der Waals surface area (Å²) in [4.78, 5) is 19.7. The molecule has 0 fully saturated rings. The third-order valence-corrected chi connectivity index (χ3v) is 4.17. The van der Waals surface area contributed by atoms with Crippen LogP contribution in [0.3, 0.4) is 0 Å². The lowest BCUT2D eigenvalue weighted by molar-refractivity contribution is 0.415. The third-order valence-electron chi connectivity index (χ3n) is 3.94. The largest absolute Gasteiger partial charge is 0.497 e. The number of ether oxygens (including phenoxy) is 2. The van der Waals surface area contributed by atoms with Gasteiger partial charge in [-0.25, -0.2) is 0 Å². The maximum absolute atomic E-state index is 12.4. The van der Waals surface area contributed by atoms with E-state index in [9.17, 15) is 4.79 Å². The van der Waals surface area contributed by atoms with E-state index in [1.54, 1.807) is 25.3 Å². The van der Waals surface area contributed by atoms with Gasteiger partial charge in [0.05, 0.1) is 12.7 Å². The molecule has 2 heterocycles. The van der Waals surface area contributed by atoms with E-state index < -0.39 is 0 Å². The van der Waals surface area contributed by atoms with E-state index in [2.05, 4.69) is 9.97 Å². The standard InChI is InChI=1S/C18H13ClN2O3/c1-23-13-5-2-10(3-6-13)16-20-17(22)14-9-11-8-12(19)4-7-15(11)24-18(14)21-16/h2-8H,9H2,1H3,(H,20,21,22). The molecule has 2 aromatic carbocycles. The Labute approximate surface area is 142 Å². The summed E-state index contributed by atoms with van der Waals surface area (Å²) in [6.07, 6.45) is 0.441. The van der Waals surface area contributed by atoms with Gasteiger partial charge in [0.25, 0.3) is 5.56 Å². The Hall–Kier alpha value is -2.79. The number of fused-ring (bicyclic) bond motifs is 2. The minimum Gasteiger partial charge on any atom is -0.497 e. The first kappa shape index (κ1) is 14.8. The fourth-order valence-electron chi connectivity index (χ4n) is 2.68. The number of aromatic amines is 1. The van der Waals surface area contributed by atoms with Gasteiger partial charge in [-0.15, -0.1) is 0 Å². The number of halogens is 1. The van der Waals surface area contributed by atoms with Crippen molar-refractivity contribution in [2.45, 2.75) is 6.42 Å². The Balaban J connectivity index is 1.77. The lowest BCUT2D eigenvalue weighted by atomic mass is 10.0. The highest BCUT2D eigenvalue weighted by atomic mass is 35.5. The molecule has 0 amide bonds. The summed E-state index contributed by atoms with van der Waals surface area (Å²) in [6.45, 7) is 0. The van der Waals surface area contributed by atoms with E-state index in [-0.39, 0.29) is 5.56 Å². The van der Waals surface area contributed by atoms with E-state index >= 15 is 0 Å². The minimum absolute atomic E-state index is 0.212. The highest BCUT2D eigenvalue weighted by Crippen LogP contribution is 2.35. The SMILES string of the molecule is COc1ccc(-c2nc3c(c(=O)[nH]2)Cc2cc(Cl)ccc2O3)cc1. The van der Waals surface area contributed by atoms with Crippen LogP contribution in [0.25, 0.3) is 11.4 Å². The van der Waals surface area contributed by atoms with Gasteiger partial charge in [-0.1, -0.05) is 11.6 Å². The molecular weight excluding hydrogens is 328 g/mol. The highest BCUT2D eigenvalue weighted by Gasteiger charge is 2.22. The van der Waals surface area contributed by atoms with Gasteiger partial charge in [0.2, 0.25) is 5.88 Å². The molecule has 4 rings (SSSR count). The van der Waals surface area contributed by atoms with Crippen molar-refractivity contribution in [3.05, 3.63) is 69.0 Å². The molecule has 6 heteroatoms. The van der Waals surface area contributed by atoms with Crippen molar-refractivity contribution in [1.29, 1.82) is 0 Å². The molecule has 0 radical (unpaired) electrons. The Morgan fingerprint density at radius 1 is 1.21 bits per heavy atom. The van der Waals surface area contributed by atoms with Crippen molar-refractivity contribution in [3.8, 4) is 28.8 Å². The van der Waals surface area contributed by atoms with Crippen molar-refractivity contribution >= 4 is 11.6 Å².